The smallest absolute Gasteiger partial charge is 0.239 e. The molecule has 1 aromatic heterocycles. The lowest BCUT2D eigenvalue weighted by Gasteiger charge is -2.18. The van der Waals surface area contributed by atoms with Gasteiger partial charge in [-0.05, 0) is 47.9 Å². The van der Waals surface area contributed by atoms with E-state index in [1.165, 1.54) is 0 Å². The molecule has 0 radical (unpaired) electrons. The highest BCUT2D eigenvalue weighted by atomic mass is 16.2. The normalized spacial score (nSPS) is 16.4. The van der Waals surface area contributed by atoms with E-state index < -0.39 is 0 Å². The Morgan fingerprint density at radius 3 is 2.35 bits per heavy atom. The molecule has 3 nitrogen and oxygen atoms in total. The second kappa shape index (κ2) is 5.69. The summed E-state index contributed by atoms with van der Waals surface area (Å²) in [6.07, 6.45) is 4.24. The molecule has 0 fully saturated rings. The van der Waals surface area contributed by atoms with Crippen LogP contribution in [0.1, 0.15) is 17.0 Å². The Hall–Kier alpha value is -2.94. The fourth-order valence-electron chi connectivity index (χ4n) is 3.19. The lowest BCUT2D eigenvalue weighted by molar-refractivity contribution is -0.118. The van der Waals surface area contributed by atoms with E-state index in [1.807, 2.05) is 65.6 Å². The van der Waals surface area contributed by atoms with Gasteiger partial charge in [0.1, 0.15) is 0 Å². The zero-order valence-corrected chi connectivity index (χ0v) is 12.6. The molecule has 2 heterocycles. The van der Waals surface area contributed by atoms with Gasteiger partial charge >= 0.3 is 0 Å². The van der Waals surface area contributed by atoms with E-state index in [0.717, 1.165) is 22.5 Å². The molecule has 1 aliphatic heterocycles. The molecule has 1 aliphatic rings. The topological polar surface area (TPSA) is 33.2 Å². The van der Waals surface area contributed by atoms with Crippen molar-refractivity contribution in [1.29, 1.82) is 0 Å². The fourth-order valence-corrected chi connectivity index (χ4v) is 3.19. The van der Waals surface area contributed by atoms with Crippen LogP contribution in [0.5, 0.6) is 0 Å². The predicted octanol–water partition coefficient (Wildman–Crippen LogP) is 4.09. The maximum absolute atomic E-state index is 13.1. The molecule has 3 aromatic rings. The van der Waals surface area contributed by atoms with Crippen molar-refractivity contribution in [3.63, 3.8) is 0 Å². The Bertz CT molecular complexity index is 831. The average Bonchev–Trinajstić information content (AvgIpc) is 2.89. The summed E-state index contributed by atoms with van der Waals surface area (Å²) >= 11 is 0. The van der Waals surface area contributed by atoms with Crippen molar-refractivity contribution in [2.24, 2.45) is 0 Å². The number of fused-ring (bicyclic) bond motifs is 1. The number of amides is 1. The van der Waals surface area contributed by atoms with Gasteiger partial charge in [-0.25, -0.2) is 0 Å². The molecule has 0 aliphatic carbocycles. The molecule has 3 heteroatoms. The zero-order chi connectivity index (χ0) is 15.6. The van der Waals surface area contributed by atoms with Crippen LogP contribution in [-0.4, -0.2) is 10.9 Å². The molecule has 1 atom stereocenters. The van der Waals surface area contributed by atoms with E-state index in [1.54, 1.807) is 12.4 Å². The maximum Gasteiger partial charge on any atom is 0.239 e. The van der Waals surface area contributed by atoms with Crippen molar-refractivity contribution in [3.05, 3.63) is 90.3 Å². The molecule has 0 unspecified atom stereocenters. The van der Waals surface area contributed by atoms with Crippen molar-refractivity contribution < 1.29 is 4.79 Å². The SMILES string of the molecule is O=C1[C@H](Cc2ccncc2)c2ccccc2N1c1ccccc1. The molecule has 1 amide bonds. The lowest BCUT2D eigenvalue weighted by atomic mass is 9.94. The monoisotopic (exact) mass is 300 g/mol. The quantitative estimate of drug-likeness (QED) is 0.730. The van der Waals surface area contributed by atoms with E-state index in [4.69, 9.17) is 0 Å². The minimum atomic E-state index is -0.145. The molecule has 2 aromatic carbocycles. The Labute approximate surface area is 135 Å². The highest BCUT2D eigenvalue weighted by Gasteiger charge is 2.37. The van der Waals surface area contributed by atoms with E-state index in [-0.39, 0.29) is 11.8 Å². The van der Waals surface area contributed by atoms with Gasteiger partial charge in [0.25, 0.3) is 0 Å². The van der Waals surface area contributed by atoms with E-state index in [0.29, 0.717) is 6.42 Å². The second-order valence-electron chi connectivity index (χ2n) is 5.68. The summed E-state index contributed by atoms with van der Waals surface area (Å²) in [7, 11) is 0. The van der Waals surface area contributed by atoms with Gasteiger partial charge in [0.05, 0.1) is 11.6 Å². The number of nitrogens with zero attached hydrogens (tertiary/aromatic N) is 2. The lowest BCUT2D eigenvalue weighted by Crippen LogP contribution is -2.24. The van der Waals surface area contributed by atoms with Crippen molar-refractivity contribution in [3.8, 4) is 0 Å². The van der Waals surface area contributed by atoms with Gasteiger partial charge in [-0.15, -0.1) is 0 Å². The van der Waals surface area contributed by atoms with Gasteiger partial charge in [0.2, 0.25) is 5.91 Å². The van der Waals surface area contributed by atoms with Crippen molar-refractivity contribution in [2.45, 2.75) is 12.3 Å². The minimum absolute atomic E-state index is 0.134. The molecular weight excluding hydrogens is 284 g/mol. The number of carbonyl (C=O) groups excluding carboxylic acids is 1. The summed E-state index contributed by atoms with van der Waals surface area (Å²) in [6.45, 7) is 0. The van der Waals surface area contributed by atoms with Crippen LogP contribution < -0.4 is 4.90 Å². The van der Waals surface area contributed by atoms with Crippen molar-refractivity contribution in [1.82, 2.24) is 4.98 Å². The summed E-state index contributed by atoms with van der Waals surface area (Å²) in [5.41, 5.74) is 4.13. The average molecular weight is 300 g/mol. The number of aromatic nitrogens is 1. The third-order valence-electron chi connectivity index (χ3n) is 4.28. The van der Waals surface area contributed by atoms with Crippen LogP contribution in [-0.2, 0) is 11.2 Å². The van der Waals surface area contributed by atoms with Crippen molar-refractivity contribution >= 4 is 17.3 Å². The van der Waals surface area contributed by atoms with Gasteiger partial charge in [0, 0.05) is 18.1 Å². The van der Waals surface area contributed by atoms with Crippen molar-refractivity contribution in [2.75, 3.05) is 4.90 Å². The summed E-state index contributed by atoms with van der Waals surface area (Å²) < 4.78 is 0. The number of pyridine rings is 1. The zero-order valence-electron chi connectivity index (χ0n) is 12.6. The molecule has 0 bridgehead atoms. The maximum atomic E-state index is 13.1. The third kappa shape index (κ3) is 2.40. The first-order valence-corrected chi connectivity index (χ1v) is 7.71. The van der Waals surface area contributed by atoms with Gasteiger partial charge in [-0.1, -0.05) is 36.4 Å². The molecule has 0 N–H and O–H groups in total. The van der Waals surface area contributed by atoms with Crippen LogP contribution in [0.4, 0.5) is 11.4 Å². The second-order valence-corrected chi connectivity index (χ2v) is 5.68. The van der Waals surface area contributed by atoms with Gasteiger partial charge < -0.3 is 0 Å². The van der Waals surface area contributed by atoms with Crippen LogP contribution in [0.2, 0.25) is 0 Å². The highest BCUT2D eigenvalue weighted by molar-refractivity contribution is 6.10. The first kappa shape index (κ1) is 13.7. The number of para-hydroxylation sites is 2. The highest BCUT2D eigenvalue weighted by Crippen LogP contribution is 2.42. The first-order chi connectivity index (χ1) is 11.3. The fraction of sp³-hybridized carbons (Fsp3) is 0.100. The van der Waals surface area contributed by atoms with E-state index in [9.17, 15) is 4.79 Å². The predicted molar refractivity (Wildman–Crippen MR) is 90.7 cm³/mol. The van der Waals surface area contributed by atoms with Crippen LogP contribution in [0.25, 0.3) is 0 Å². The number of benzene rings is 2. The Morgan fingerprint density at radius 2 is 1.57 bits per heavy atom. The standard InChI is InChI=1S/C20H16N2O/c23-20-18(14-15-10-12-21-13-11-15)17-8-4-5-9-19(17)22(20)16-6-2-1-3-7-16/h1-13,18H,14H2/t18-/m1/s1. The number of hydrogen-bond acceptors (Lipinski definition) is 2. The number of anilines is 2. The Morgan fingerprint density at radius 1 is 0.870 bits per heavy atom. The number of rotatable bonds is 3. The molecule has 0 spiro atoms. The van der Waals surface area contributed by atoms with E-state index >= 15 is 0 Å². The van der Waals surface area contributed by atoms with Crippen LogP contribution in [0, 0.1) is 0 Å². The first-order valence-electron chi connectivity index (χ1n) is 7.71. The summed E-state index contributed by atoms with van der Waals surface area (Å²) in [5.74, 6) is -0.0111. The van der Waals surface area contributed by atoms with Gasteiger partial charge in [-0.2, -0.15) is 0 Å². The number of hydrogen-bond donors (Lipinski definition) is 0. The summed E-state index contributed by atoms with van der Waals surface area (Å²) in [6, 6.07) is 21.8. The molecule has 4 rings (SSSR count). The molecule has 0 saturated heterocycles. The van der Waals surface area contributed by atoms with Crippen LogP contribution in [0.15, 0.2) is 79.1 Å². The van der Waals surface area contributed by atoms with Gasteiger partial charge in [-0.3, -0.25) is 14.7 Å². The van der Waals surface area contributed by atoms with Gasteiger partial charge in [0.15, 0.2) is 0 Å². The van der Waals surface area contributed by atoms with E-state index in [2.05, 4.69) is 11.1 Å². The molecule has 112 valence electrons. The van der Waals surface area contributed by atoms with Crippen LogP contribution in [0.3, 0.4) is 0 Å². The molecule has 0 saturated carbocycles. The number of carbonyl (C=O) groups is 1. The molecule has 23 heavy (non-hydrogen) atoms. The Balaban J connectivity index is 1.76. The summed E-state index contributed by atoms with van der Waals surface area (Å²) in [4.78, 5) is 19.0. The minimum Gasteiger partial charge on any atom is -0.280 e. The van der Waals surface area contributed by atoms with Crippen LogP contribution >= 0.6 is 0 Å². The molecular formula is C20H16N2O. The Kier molecular flexibility index (Phi) is 3.39. The third-order valence-corrected chi connectivity index (χ3v) is 4.28. The largest absolute Gasteiger partial charge is 0.280 e. The summed E-state index contributed by atoms with van der Waals surface area (Å²) in [5, 5.41) is 0.